The monoisotopic (exact) mass is 297 g/mol. The average molecular weight is 297 g/mol. The van der Waals surface area contributed by atoms with E-state index < -0.39 is 23.4 Å². The van der Waals surface area contributed by atoms with Crippen LogP contribution in [0, 0.1) is 0 Å². The molecule has 0 saturated carbocycles. The second-order valence-corrected chi connectivity index (χ2v) is 4.62. The zero-order valence-electron chi connectivity index (χ0n) is 10.8. The molecule has 8 heteroatoms. The maximum absolute atomic E-state index is 11.9. The Morgan fingerprint density at radius 3 is 2.00 bits per heavy atom. The van der Waals surface area contributed by atoms with E-state index in [1.54, 1.807) is 13.8 Å². The lowest BCUT2D eigenvalue weighted by molar-refractivity contribution is -0.232. The number of hydrogen-bond donors (Lipinski definition) is 0. The first-order valence-corrected chi connectivity index (χ1v) is 7.56. The standard InChI is InChI=1S/C10H17O6PS/c1-5-15-8(11)7(17-18)10(13-3,14-4)9(12)16-6-2/h7H,5-6H2,1-4H3/p+1/t7-/m1/s1. The highest BCUT2D eigenvalue weighted by Crippen LogP contribution is 2.29. The number of carbonyl (C=O) groups excluding carboxylic acids is 2. The lowest BCUT2D eigenvalue weighted by Gasteiger charge is -2.28. The minimum absolute atomic E-state index is 0.142. The lowest BCUT2D eigenvalue weighted by atomic mass is 10.2. The van der Waals surface area contributed by atoms with Crippen LogP contribution < -0.4 is 0 Å². The summed E-state index contributed by atoms with van der Waals surface area (Å²) in [5.41, 5.74) is -1.03. The van der Waals surface area contributed by atoms with Crippen molar-refractivity contribution in [3.63, 3.8) is 0 Å². The summed E-state index contributed by atoms with van der Waals surface area (Å²) in [6, 6.07) is 0. The van der Waals surface area contributed by atoms with Crippen LogP contribution in [-0.4, -0.2) is 50.8 Å². The van der Waals surface area contributed by atoms with E-state index in [0.717, 1.165) is 0 Å². The first-order chi connectivity index (χ1) is 8.53. The Labute approximate surface area is 113 Å². The molecule has 0 aromatic heterocycles. The number of hydrogen-bond acceptors (Lipinski definition) is 7. The molecule has 0 aliphatic rings. The Morgan fingerprint density at radius 2 is 1.67 bits per heavy atom. The van der Waals surface area contributed by atoms with E-state index in [2.05, 4.69) is 0 Å². The Hall–Kier alpha value is -0.620. The summed E-state index contributed by atoms with van der Waals surface area (Å²) in [6.07, 6.45) is 0. The van der Waals surface area contributed by atoms with Gasteiger partial charge in [-0.3, -0.25) is 0 Å². The fourth-order valence-corrected chi connectivity index (χ4v) is 2.78. The van der Waals surface area contributed by atoms with Crippen molar-refractivity contribution in [1.82, 2.24) is 0 Å². The largest absolute Gasteiger partial charge is 0.463 e. The zero-order valence-corrected chi connectivity index (χ0v) is 12.7. The fourth-order valence-electron chi connectivity index (χ4n) is 1.34. The summed E-state index contributed by atoms with van der Waals surface area (Å²) in [7, 11) is 2.16. The summed E-state index contributed by atoms with van der Waals surface area (Å²) < 4.78 is 19.9. The van der Waals surface area contributed by atoms with Crippen molar-refractivity contribution in [2.75, 3.05) is 27.4 Å². The molecule has 0 saturated heterocycles. The van der Waals surface area contributed by atoms with Crippen molar-refractivity contribution in [3.05, 3.63) is 0 Å². The van der Waals surface area contributed by atoms with Gasteiger partial charge in [0.1, 0.15) is 0 Å². The van der Waals surface area contributed by atoms with Gasteiger partial charge < -0.3 is 18.9 Å². The van der Waals surface area contributed by atoms with Gasteiger partial charge in [0.05, 0.1) is 13.2 Å². The van der Waals surface area contributed by atoms with Crippen molar-refractivity contribution < 1.29 is 28.5 Å². The SMILES string of the molecule is CCOC(=O)[C@@H]([PH+]=S)C(OC)(OC)C(=O)OCC. The third-order valence-corrected chi connectivity index (χ3v) is 3.75. The second-order valence-electron chi connectivity index (χ2n) is 3.10. The molecule has 0 aromatic rings. The number of esters is 2. The molecule has 0 heterocycles. The highest BCUT2D eigenvalue weighted by Gasteiger charge is 2.57. The topological polar surface area (TPSA) is 71.1 Å². The quantitative estimate of drug-likeness (QED) is 0.369. The molecule has 0 radical (unpaired) electrons. The molecule has 1 unspecified atom stereocenters. The normalized spacial score (nSPS) is 13.1. The summed E-state index contributed by atoms with van der Waals surface area (Å²) in [4.78, 5) is 23.7. The molecular weight excluding hydrogens is 279 g/mol. The van der Waals surface area contributed by atoms with E-state index in [0.29, 0.717) is 0 Å². The van der Waals surface area contributed by atoms with Crippen molar-refractivity contribution in [1.29, 1.82) is 0 Å². The van der Waals surface area contributed by atoms with Crippen LogP contribution in [0.3, 0.4) is 0 Å². The summed E-state index contributed by atoms with van der Waals surface area (Å²) >= 11 is 4.91. The molecule has 0 aliphatic heterocycles. The van der Waals surface area contributed by atoms with Crippen LogP contribution in [0.25, 0.3) is 0 Å². The molecule has 18 heavy (non-hydrogen) atoms. The maximum atomic E-state index is 11.9. The second kappa shape index (κ2) is 8.48. The third kappa shape index (κ3) is 3.68. The zero-order chi connectivity index (χ0) is 14.2. The molecule has 104 valence electrons. The summed E-state index contributed by atoms with van der Waals surface area (Å²) in [6.45, 7) is 3.63. The fraction of sp³-hybridized carbons (Fsp3) is 0.800. The number of rotatable bonds is 8. The van der Waals surface area contributed by atoms with Gasteiger partial charge in [0.2, 0.25) is 0 Å². The Morgan fingerprint density at radius 1 is 1.17 bits per heavy atom. The Kier molecular flexibility index (Phi) is 8.18. The predicted molar refractivity (Wildman–Crippen MR) is 69.5 cm³/mol. The van der Waals surface area contributed by atoms with Crippen LogP contribution in [0.1, 0.15) is 13.8 Å². The molecule has 2 atom stereocenters. The molecular formula is C10H18O6PS+. The molecule has 0 spiro atoms. The summed E-state index contributed by atoms with van der Waals surface area (Å²) in [5.74, 6) is -3.27. The molecule has 0 rings (SSSR count). The minimum atomic E-state index is -1.84. The molecule has 0 bridgehead atoms. The van der Waals surface area contributed by atoms with Gasteiger partial charge in [0, 0.05) is 14.2 Å². The van der Waals surface area contributed by atoms with Gasteiger partial charge in [-0.15, -0.1) is 0 Å². The smallest absolute Gasteiger partial charge is 0.372 e. The lowest BCUT2D eigenvalue weighted by Crippen LogP contribution is -2.54. The highest BCUT2D eigenvalue weighted by atomic mass is 32.4. The molecule has 0 aliphatic carbocycles. The van der Waals surface area contributed by atoms with Crippen LogP contribution in [-0.2, 0) is 40.3 Å². The van der Waals surface area contributed by atoms with E-state index in [1.165, 1.54) is 14.2 Å². The van der Waals surface area contributed by atoms with Gasteiger partial charge in [0.15, 0.2) is 19.2 Å². The van der Waals surface area contributed by atoms with Crippen LogP contribution in [0.5, 0.6) is 0 Å². The highest BCUT2D eigenvalue weighted by molar-refractivity contribution is 7.97. The van der Waals surface area contributed by atoms with Gasteiger partial charge >= 0.3 is 17.7 Å². The average Bonchev–Trinajstić information content (AvgIpc) is 2.36. The Balaban J connectivity index is 5.32. The van der Waals surface area contributed by atoms with Gasteiger partial charge in [-0.25, -0.2) is 9.59 Å². The van der Waals surface area contributed by atoms with E-state index in [9.17, 15) is 9.59 Å². The van der Waals surface area contributed by atoms with Crippen molar-refractivity contribution in [2.45, 2.75) is 25.3 Å². The Bertz CT molecular complexity index is 305. The molecule has 0 N–H and O–H groups in total. The van der Waals surface area contributed by atoms with Crippen molar-refractivity contribution in [3.8, 4) is 0 Å². The van der Waals surface area contributed by atoms with Gasteiger partial charge in [-0.1, -0.05) is 0 Å². The van der Waals surface area contributed by atoms with Crippen LogP contribution in [0.15, 0.2) is 0 Å². The van der Waals surface area contributed by atoms with Gasteiger partial charge in [0.25, 0.3) is 5.66 Å². The van der Waals surface area contributed by atoms with Gasteiger partial charge in [-0.2, -0.15) is 0 Å². The van der Waals surface area contributed by atoms with Crippen LogP contribution in [0.2, 0.25) is 0 Å². The number of methoxy groups -OCH3 is 2. The first-order valence-electron chi connectivity index (χ1n) is 5.35. The molecule has 6 nitrogen and oxygen atoms in total. The summed E-state index contributed by atoms with van der Waals surface area (Å²) in [5, 5.41) is 0. The number of ether oxygens (including phenoxy) is 4. The van der Waals surface area contributed by atoms with Gasteiger partial charge in [-0.05, 0) is 13.8 Å². The minimum Gasteiger partial charge on any atom is -0.463 e. The maximum Gasteiger partial charge on any atom is 0.372 e. The predicted octanol–water partition coefficient (Wildman–Crippen LogP) is 0.611. The third-order valence-electron chi connectivity index (χ3n) is 2.19. The first kappa shape index (κ1) is 17.4. The van der Waals surface area contributed by atoms with Crippen molar-refractivity contribution in [2.24, 2.45) is 0 Å². The molecule has 0 aromatic carbocycles. The van der Waals surface area contributed by atoms with E-state index in [4.69, 9.17) is 30.8 Å². The van der Waals surface area contributed by atoms with E-state index in [1.807, 2.05) is 0 Å². The van der Waals surface area contributed by atoms with Crippen LogP contribution in [0.4, 0.5) is 0 Å². The number of carbonyl (C=O) groups is 2. The van der Waals surface area contributed by atoms with E-state index in [-0.39, 0.29) is 20.6 Å². The molecule has 0 fully saturated rings. The molecule has 0 amide bonds. The van der Waals surface area contributed by atoms with E-state index >= 15 is 0 Å². The van der Waals surface area contributed by atoms with Crippen molar-refractivity contribution >= 4 is 31.1 Å². The van der Waals surface area contributed by atoms with Crippen LogP contribution >= 0.6 is 7.36 Å².